The molecule has 2 atom stereocenters. The highest BCUT2D eigenvalue weighted by Crippen LogP contribution is 2.21. The summed E-state index contributed by atoms with van der Waals surface area (Å²) in [6.07, 6.45) is 4.67. The van der Waals surface area contributed by atoms with Gasteiger partial charge in [0.2, 0.25) is 11.8 Å². The Kier molecular flexibility index (Phi) is 6.64. The first kappa shape index (κ1) is 19.3. The highest BCUT2D eigenvalue weighted by Gasteiger charge is 2.33. The second-order valence-electron chi connectivity index (χ2n) is 7.46. The van der Waals surface area contributed by atoms with Crippen LogP contribution in [0, 0.1) is 25.7 Å². The van der Waals surface area contributed by atoms with Crippen LogP contribution < -0.4 is 10.6 Å². The van der Waals surface area contributed by atoms with Crippen LogP contribution in [0.1, 0.15) is 41.3 Å². The third-order valence-electron chi connectivity index (χ3n) is 5.43. The first-order valence-electron chi connectivity index (χ1n) is 9.74. The smallest absolute Gasteiger partial charge is 0.226 e. The Morgan fingerprint density at radius 1 is 1.23 bits per heavy atom. The zero-order valence-electron chi connectivity index (χ0n) is 15.8. The van der Waals surface area contributed by atoms with E-state index in [0.717, 1.165) is 49.5 Å². The zero-order valence-corrected chi connectivity index (χ0v) is 16.7. The van der Waals surface area contributed by atoms with Gasteiger partial charge >= 0.3 is 0 Å². The third kappa shape index (κ3) is 4.82. The van der Waals surface area contributed by atoms with E-state index in [1.165, 1.54) is 4.88 Å². The van der Waals surface area contributed by atoms with Crippen molar-refractivity contribution < 1.29 is 9.59 Å². The Balaban J connectivity index is 1.40. The molecule has 1 aromatic rings. The number of aromatic nitrogens is 1. The van der Waals surface area contributed by atoms with E-state index in [9.17, 15) is 9.59 Å². The number of hydrogen-bond acceptors (Lipinski definition) is 5. The number of piperidine rings is 1. The molecule has 3 rings (SSSR count). The number of nitrogens with zero attached hydrogens (tertiary/aromatic N) is 2. The van der Waals surface area contributed by atoms with Crippen LogP contribution in [0.4, 0.5) is 0 Å². The molecule has 0 bridgehead atoms. The molecule has 7 heteroatoms. The van der Waals surface area contributed by atoms with Crippen LogP contribution in [-0.2, 0) is 16.0 Å². The van der Waals surface area contributed by atoms with Gasteiger partial charge in [0.05, 0.1) is 22.5 Å². The minimum absolute atomic E-state index is 0.0566. The van der Waals surface area contributed by atoms with E-state index < -0.39 is 0 Å². The van der Waals surface area contributed by atoms with Gasteiger partial charge in [0, 0.05) is 44.0 Å². The highest BCUT2D eigenvalue weighted by atomic mass is 32.1. The van der Waals surface area contributed by atoms with Gasteiger partial charge in [-0.25, -0.2) is 4.98 Å². The molecule has 144 valence electrons. The molecule has 6 nitrogen and oxygen atoms in total. The van der Waals surface area contributed by atoms with Gasteiger partial charge in [-0.3, -0.25) is 9.59 Å². The third-order valence-corrected chi connectivity index (χ3v) is 6.56. The van der Waals surface area contributed by atoms with Gasteiger partial charge in [-0.05, 0) is 39.5 Å². The van der Waals surface area contributed by atoms with Crippen molar-refractivity contribution in [3.8, 4) is 0 Å². The molecule has 0 saturated carbocycles. The molecule has 2 aliphatic rings. The number of rotatable bonds is 6. The number of carbonyl (C=O) groups excluding carboxylic acids is 2. The highest BCUT2D eigenvalue weighted by molar-refractivity contribution is 7.11. The van der Waals surface area contributed by atoms with E-state index >= 15 is 0 Å². The summed E-state index contributed by atoms with van der Waals surface area (Å²) < 4.78 is 0. The minimum atomic E-state index is -0.107. The number of aryl methyl sites for hydroxylation is 3. The average Bonchev–Trinajstić information content (AvgIpc) is 3.28. The standard InChI is InChI=1S/C19H30N4O2S/c1-13-14(2)26-17(22-13)6-5-7-21-18(24)15-10-16(12-20-11-15)19(25)23-8-3-4-9-23/h15-16,20H,3-12H2,1-2H3,(H,21,24)/t15-,16+/m1/s1. The molecular weight excluding hydrogens is 348 g/mol. The fraction of sp³-hybridized carbons (Fsp3) is 0.737. The van der Waals surface area contributed by atoms with Gasteiger partial charge in [0.25, 0.3) is 0 Å². The number of likely N-dealkylation sites (tertiary alicyclic amines) is 1. The maximum absolute atomic E-state index is 12.6. The summed E-state index contributed by atoms with van der Waals surface area (Å²) in [5.74, 6) is 0.133. The molecule has 2 fully saturated rings. The summed E-state index contributed by atoms with van der Waals surface area (Å²) in [6, 6.07) is 0. The molecular formula is C19H30N4O2S. The largest absolute Gasteiger partial charge is 0.356 e. The molecule has 2 N–H and O–H groups in total. The quantitative estimate of drug-likeness (QED) is 0.739. The lowest BCUT2D eigenvalue weighted by Gasteiger charge is -2.31. The SMILES string of the molecule is Cc1nc(CCCNC(=O)[C@H]2CNC[C@@H](C(=O)N3CCCC3)C2)sc1C. The van der Waals surface area contributed by atoms with E-state index in [2.05, 4.69) is 22.5 Å². The van der Waals surface area contributed by atoms with Crippen molar-refractivity contribution in [2.24, 2.45) is 11.8 Å². The van der Waals surface area contributed by atoms with Crippen molar-refractivity contribution in [1.29, 1.82) is 0 Å². The molecule has 1 aromatic heterocycles. The van der Waals surface area contributed by atoms with Crippen LogP contribution in [0.3, 0.4) is 0 Å². The summed E-state index contributed by atoms with van der Waals surface area (Å²) in [6.45, 7) is 7.91. The van der Waals surface area contributed by atoms with Gasteiger partial charge in [-0.15, -0.1) is 11.3 Å². The number of amides is 2. The first-order chi connectivity index (χ1) is 12.5. The van der Waals surface area contributed by atoms with Crippen molar-refractivity contribution in [3.63, 3.8) is 0 Å². The van der Waals surface area contributed by atoms with Crippen LogP contribution in [0.5, 0.6) is 0 Å². The van der Waals surface area contributed by atoms with Crippen LogP contribution in [-0.4, -0.2) is 54.4 Å². The van der Waals surface area contributed by atoms with Crippen LogP contribution >= 0.6 is 11.3 Å². The topological polar surface area (TPSA) is 74.3 Å². The lowest BCUT2D eigenvalue weighted by Crippen LogP contribution is -2.49. The van der Waals surface area contributed by atoms with Crippen molar-refractivity contribution in [3.05, 3.63) is 15.6 Å². The Bertz CT molecular complexity index is 620. The molecule has 2 saturated heterocycles. The Morgan fingerprint density at radius 3 is 2.65 bits per heavy atom. The van der Waals surface area contributed by atoms with Crippen molar-refractivity contribution in [2.45, 2.75) is 46.0 Å². The van der Waals surface area contributed by atoms with E-state index in [-0.39, 0.29) is 23.7 Å². The van der Waals surface area contributed by atoms with E-state index in [4.69, 9.17) is 0 Å². The predicted octanol–water partition coefficient (Wildman–Crippen LogP) is 1.66. The van der Waals surface area contributed by atoms with Gasteiger partial charge in [-0.1, -0.05) is 0 Å². The summed E-state index contributed by atoms with van der Waals surface area (Å²) in [5.41, 5.74) is 1.11. The summed E-state index contributed by atoms with van der Waals surface area (Å²) in [7, 11) is 0. The fourth-order valence-electron chi connectivity index (χ4n) is 3.77. The fourth-order valence-corrected chi connectivity index (χ4v) is 4.74. The molecule has 0 unspecified atom stereocenters. The van der Waals surface area contributed by atoms with Crippen molar-refractivity contribution in [1.82, 2.24) is 20.5 Å². The Labute approximate surface area is 159 Å². The monoisotopic (exact) mass is 378 g/mol. The molecule has 0 radical (unpaired) electrons. The summed E-state index contributed by atoms with van der Waals surface area (Å²) in [5, 5.41) is 7.47. The zero-order chi connectivity index (χ0) is 18.5. The predicted molar refractivity (Wildman–Crippen MR) is 103 cm³/mol. The summed E-state index contributed by atoms with van der Waals surface area (Å²) in [4.78, 5) is 32.8. The second-order valence-corrected chi connectivity index (χ2v) is 8.75. The van der Waals surface area contributed by atoms with Crippen LogP contribution in [0.2, 0.25) is 0 Å². The van der Waals surface area contributed by atoms with Crippen LogP contribution in [0.15, 0.2) is 0 Å². The number of hydrogen-bond donors (Lipinski definition) is 2. The van der Waals surface area contributed by atoms with Gasteiger partial charge in [-0.2, -0.15) is 0 Å². The number of carbonyl (C=O) groups is 2. The molecule has 2 amide bonds. The van der Waals surface area contributed by atoms with Crippen LogP contribution in [0.25, 0.3) is 0 Å². The summed E-state index contributed by atoms with van der Waals surface area (Å²) >= 11 is 1.74. The number of thiazole rings is 1. The van der Waals surface area contributed by atoms with Gasteiger partial charge in [0.15, 0.2) is 0 Å². The van der Waals surface area contributed by atoms with Crippen molar-refractivity contribution in [2.75, 3.05) is 32.7 Å². The molecule has 2 aliphatic heterocycles. The van der Waals surface area contributed by atoms with E-state index in [1.54, 1.807) is 11.3 Å². The molecule has 0 aromatic carbocycles. The van der Waals surface area contributed by atoms with Crippen molar-refractivity contribution >= 4 is 23.2 Å². The average molecular weight is 379 g/mol. The normalized spacial score (nSPS) is 23.2. The maximum atomic E-state index is 12.6. The molecule has 3 heterocycles. The minimum Gasteiger partial charge on any atom is -0.356 e. The van der Waals surface area contributed by atoms with Gasteiger partial charge in [0.1, 0.15) is 0 Å². The Hall–Kier alpha value is -1.47. The van der Waals surface area contributed by atoms with E-state index in [1.807, 2.05) is 11.8 Å². The lowest BCUT2D eigenvalue weighted by molar-refractivity contribution is -0.136. The Morgan fingerprint density at radius 2 is 1.96 bits per heavy atom. The maximum Gasteiger partial charge on any atom is 0.226 e. The molecule has 0 aliphatic carbocycles. The molecule has 0 spiro atoms. The molecule has 26 heavy (non-hydrogen) atoms. The first-order valence-corrected chi connectivity index (χ1v) is 10.6. The van der Waals surface area contributed by atoms with E-state index in [0.29, 0.717) is 26.1 Å². The lowest BCUT2D eigenvalue weighted by atomic mass is 9.89. The van der Waals surface area contributed by atoms with Gasteiger partial charge < -0.3 is 15.5 Å². The second kappa shape index (κ2) is 8.95. The number of nitrogens with one attached hydrogen (secondary N) is 2.